The average molecular weight is 278 g/mol. The summed E-state index contributed by atoms with van der Waals surface area (Å²) < 4.78 is 4.58. The number of anilines is 1. The number of methoxy groups -OCH3 is 1. The Bertz CT molecular complexity index is 510. The first-order valence-electron chi connectivity index (χ1n) is 6.71. The first kappa shape index (κ1) is 14.3. The molecule has 6 nitrogen and oxygen atoms in total. The second kappa shape index (κ2) is 6.36. The van der Waals surface area contributed by atoms with Gasteiger partial charge >= 0.3 is 5.97 Å². The van der Waals surface area contributed by atoms with Gasteiger partial charge < -0.3 is 9.64 Å². The van der Waals surface area contributed by atoms with Crippen LogP contribution in [0.15, 0.2) is 18.2 Å². The third-order valence-corrected chi connectivity index (χ3v) is 3.51. The lowest BCUT2D eigenvalue weighted by Crippen LogP contribution is -2.30. The Morgan fingerprint density at radius 1 is 1.35 bits per heavy atom. The van der Waals surface area contributed by atoms with E-state index in [1.165, 1.54) is 19.6 Å². The number of carbonyl (C=O) groups is 1. The molecule has 20 heavy (non-hydrogen) atoms. The highest BCUT2D eigenvalue weighted by molar-refractivity contribution is 5.74. The number of benzene rings is 1. The summed E-state index contributed by atoms with van der Waals surface area (Å²) in [6, 6.07) is 4.97. The predicted molar refractivity (Wildman–Crippen MR) is 74.9 cm³/mol. The van der Waals surface area contributed by atoms with Gasteiger partial charge in [0.25, 0.3) is 5.69 Å². The highest BCUT2D eigenvalue weighted by Gasteiger charge is 2.22. The van der Waals surface area contributed by atoms with Gasteiger partial charge in [-0.05, 0) is 30.9 Å². The van der Waals surface area contributed by atoms with Gasteiger partial charge in [0.1, 0.15) is 5.69 Å². The average Bonchev–Trinajstić information content (AvgIpc) is 2.48. The van der Waals surface area contributed by atoms with E-state index >= 15 is 0 Å². The molecule has 2 rings (SSSR count). The molecule has 0 bridgehead atoms. The summed E-state index contributed by atoms with van der Waals surface area (Å²) in [5, 5.41) is 11.2. The van der Waals surface area contributed by atoms with Gasteiger partial charge in [0.2, 0.25) is 0 Å². The monoisotopic (exact) mass is 278 g/mol. The van der Waals surface area contributed by atoms with Crippen LogP contribution >= 0.6 is 0 Å². The van der Waals surface area contributed by atoms with Crippen LogP contribution in [0.4, 0.5) is 11.4 Å². The number of ether oxygens (including phenoxy) is 1. The summed E-state index contributed by atoms with van der Waals surface area (Å²) in [4.78, 5) is 24.1. The second-order valence-corrected chi connectivity index (χ2v) is 4.88. The van der Waals surface area contributed by atoms with Crippen LogP contribution in [0, 0.1) is 10.1 Å². The number of nitrogens with zero attached hydrogens (tertiary/aromatic N) is 2. The molecule has 1 fully saturated rings. The maximum absolute atomic E-state index is 11.2. The number of hydrogen-bond acceptors (Lipinski definition) is 5. The molecule has 1 aliphatic rings. The Hall–Kier alpha value is -2.11. The van der Waals surface area contributed by atoms with E-state index in [4.69, 9.17) is 0 Å². The van der Waals surface area contributed by atoms with Crippen LogP contribution < -0.4 is 4.90 Å². The number of rotatable bonds is 4. The van der Waals surface area contributed by atoms with Crippen molar-refractivity contribution < 1.29 is 14.5 Å². The summed E-state index contributed by atoms with van der Waals surface area (Å²) in [6.45, 7) is 1.69. The number of nitro benzene ring substituents is 1. The minimum atomic E-state index is -0.398. The summed E-state index contributed by atoms with van der Waals surface area (Å²) >= 11 is 0. The van der Waals surface area contributed by atoms with Crippen molar-refractivity contribution in [3.8, 4) is 0 Å². The molecule has 0 aliphatic carbocycles. The molecule has 108 valence electrons. The third kappa shape index (κ3) is 3.26. The largest absolute Gasteiger partial charge is 0.469 e. The van der Waals surface area contributed by atoms with E-state index in [-0.39, 0.29) is 17.0 Å². The Kier molecular flexibility index (Phi) is 4.55. The van der Waals surface area contributed by atoms with Crippen molar-refractivity contribution in [3.63, 3.8) is 0 Å². The SMILES string of the molecule is COC(=O)Cc1ccc(N2CCCCC2)c([N+](=O)[O-])c1. The molecule has 6 heteroatoms. The summed E-state index contributed by atoms with van der Waals surface area (Å²) in [5.41, 5.74) is 1.31. The highest BCUT2D eigenvalue weighted by atomic mass is 16.6. The van der Waals surface area contributed by atoms with E-state index in [9.17, 15) is 14.9 Å². The zero-order valence-corrected chi connectivity index (χ0v) is 11.5. The molecule has 0 spiro atoms. The predicted octanol–water partition coefficient (Wildman–Crippen LogP) is 2.30. The molecule has 1 aliphatic heterocycles. The van der Waals surface area contributed by atoms with Gasteiger partial charge in [0.15, 0.2) is 0 Å². The molecule has 0 radical (unpaired) electrons. The van der Waals surface area contributed by atoms with Crippen molar-refractivity contribution in [2.45, 2.75) is 25.7 Å². The third-order valence-electron chi connectivity index (χ3n) is 3.51. The normalized spacial score (nSPS) is 14.9. The molecule has 0 saturated carbocycles. The molecule has 1 heterocycles. The Balaban J connectivity index is 2.27. The zero-order valence-electron chi connectivity index (χ0n) is 11.5. The lowest BCUT2D eigenvalue weighted by atomic mass is 10.1. The van der Waals surface area contributed by atoms with Crippen molar-refractivity contribution in [2.75, 3.05) is 25.1 Å². The maximum atomic E-state index is 11.2. The molecule has 1 aromatic carbocycles. The van der Waals surface area contributed by atoms with Gasteiger partial charge in [0.05, 0.1) is 18.5 Å². The summed E-state index contributed by atoms with van der Waals surface area (Å²) in [5.74, 6) is -0.398. The molecule has 0 N–H and O–H groups in total. The maximum Gasteiger partial charge on any atom is 0.309 e. The highest BCUT2D eigenvalue weighted by Crippen LogP contribution is 2.31. The van der Waals surface area contributed by atoms with Crippen LogP contribution in [-0.2, 0) is 16.0 Å². The van der Waals surface area contributed by atoms with Crippen molar-refractivity contribution in [1.82, 2.24) is 0 Å². The van der Waals surface area contributed by atoms with E-state index in [0.717, 1.165) is 25.9 Å². The van der Waals surface area contributed by atoms with E-state index in [2.05, 4.69) is 4.74 Å². The number of carbonyl (C=O) groups excluding carboxylic acids is 1. The first-order valence-corrected chi connectivity index (χ1v) is 6.71. The van der Waals surface area contributed by atoms with Crippen LogP contribution in [0.3, 0.4) is 0 Å². The Morgan fingerprint density at radius 3 is 2.65 bits per heavy atom. The zero-order chi connectivity index (χ0) is 14.5. The van der Waals surface area contributed by atoms with Gasteiger partial charge in [-0.3, -0.25) is 14.9 Å². The quantitative estimate of drug-likeness (QED) is 0.480. The minimum Gasteiger partial charge on any atom is -0.469 e. The molecule has 0 atom stereocenters. The topological polar surface area (TPSA) is 72.7 Å². The van der Waals surface area contributed by atoms with Gasteiger partial charge in [-0.2, -0.15) is 0 Å². The van der Waals surface area contributed by atoms with Gasteiger partial charge in [-0.15, -0.1) is 0 Å². The fraction of sp³-hybridized carbons (Fsp3) is 0.500. The lowest BCUT2D eigenvalue weighted by molar-refractivity contribution is -0.384. The number of piperidine rings is 1. The van der Waals surface area contributed by atoms with Gasteiger partial charge in [-0.1, -0.05) is 6.07 Å². The van der Waals surface area contributed by atoms with Crippen molar-refractivity contribution >= 4 is 17.3 Å². The number of nitro groups is 1. The molecular weight excluding hydrogens is 260 g/mol. The van der Waals surface area contributed by atoms with Crippen LogP contribution in [0.5, 0.6) is 0 Å². The minimum absolute atomic E-state index is 0.0532. The first-order chi connectivity index (χ1) is 9.61. The molecule has 1 aromatic rings. The lowest BCUT2D eigenvalue weighted by Gasteiger charge is -2.28. The number of esters is 1. The van der Waals surface area contributed by atoms with Crippen LogP contribution in [0.2, 0.25) is 0 Å². The van der Waals surface area contributed by atoms with Crippen molar-refractivity contribution in [2.24, 2.45) is 0 Å². The molecule has 1 saturated heterocycles. The Labute approximate surface area is 117 Å². The van der Waals surface area contributed by atoms with E-state index in [1.54, 1.807) is 12.1 Å². The fourth-order valence-corrected chi connectivity index (χ4v) is 2.47. The van der Waals surface area contributed by atoms with Crippen molar-refractivity contribution in [1.29, 1.82) is 0 Å². The fourth-order valence-electron chi connectivity index (χ4n) is 2.47. The van der Waals surface area contributed by atoms with Crippen LogP contribution in [-0.4, -0.2) is 31.1 Å². The summed E-state index contributed by atoms with van der Waals surface area (Å²) in [7, 11) is 1.30. The van der Waals surface area contributed by atoms with E-state index < -0.39 is 5.97 Å². The van der Waals surface area contributed by atoms with E-state index in [0.29, 0.717) is 11.3 Å². The van der Waals surface area contributed by atoms with E-state index in [1.807, 2.05) is 4.90 Å². The standard InChI is InChI=1S/C14H18N2O4/c1-20-14(17)10-11-5-6-12(13(9-11)16(18)19)15-7-3-2-4-8-15/h5-6,9H,2-4,7-8,10H2,1H3. The molecular formula is C14H18N2O4. The van der Waals surface area contributed by atoms with Crippen LogP contribution in [0.25, 0.3) is 0 Å². The van der Waals surface area contributed by atoms with Gasteiger partial charge in [-0.25, -0.2) is 0 Å². The van der Waals surface area contributed by atoms with Crippen LogP contribution in [0.1, 0.15) is 24.8 Å². The Morgan fingerprint density at radius 2 is 2.05 bits per heavy atom. The molecule has 0 unspecified atom stereocenters. The smallest absolute Gasteiger partial charge is 0.309 e. The molecule has 0 aromatic heterocycles. The summed E-state index contributed by atoms with van der Waals surface area (Å²) in [6.07, 6.45) is 3.34. The van der Waals surface area contributed by atoms with Gasteiger partial charge in [0, 0.05) is 19.2 Å². The number of hydrogen-bond donors (Lipinski definition) is 0. The van der Waals surface area contributed by atoms with Crippen molar-refractivity contribution in [3.05, 3.63) is 33.9 Å². The second-order valence-electron chi connectivity index (χ2n) is 4.88. The molecule has 0 amide bonds.